The summed E-state index contributed by atoms with van der Waals surface area (Å²) in [7, 11) is 0. The minimum Gasteiger partial charge on any atom is -0.406 e. The van der Waals surface area contributed by atoms with Crippen LogP contribution in [0.25, 0.3) is 5.69 Å². The summed E-state index contributed by atoms with van der Waals surface area (Å²) in [6.07, 6.45) is -2.86. The lowest BCUT2D eigenvalue weighted by Crippen LogP contribution is -2.17. The normalized spacial score (nSPS) is 11.5. The van der Waals surface area contributed by atoms with Crippen molar-refractivity contribution in [3.63, 3.8) is 0 Å². The van der Waals surface area contributed by atoms with E-state index in [1.807, 2.05) is 12.1 Å². The number of nitrogens with zero attached hydrogens (tertiary/aromatic N) is 1. The number of halogens is 4. The lowest BCUT2D eigenvalue weighted by atomic mass is 10.3. The third kappa shape index (κ3) is 3.03. The molecule has 0 fully saturated rings. The van der Waals surface area contributed by atoms with Gasteiger partial charge in [0.05, 0.1) is 4.60 Å². The van der Waals surface area contributed by atoms with Crippen molar-refractivity contribution in [2.45, 2.75) is 6.36 Å². The zero-order valence-electron chi connectivity index (χ0n) is 8.41. The molecule has 2 nitrogen and oxygen atoms in total. The van der Waals surface area contributed by atoms with E-state index >= 15 is 0 Å². The van der Waals surface area contributed by atoms with Crippen LogP contribution in [0.2, 0.25) is 0 Å². The molecule has 0 atom stereocenters. The molecular weight excluding hydrogens is 299 g/mol. The molecule has 0 unspecified atom stereocenters. The summed E-state index contributed by atoms with van der Waals surface area (Å²) in [6, 6.07) is 9.30. The Balaban J connectivity index is 2.22. The molecule has 2 rings (SSSR count). The summed E-state index contributed by atoms with van der Waals surface area (Å²) in [4.78, 5) is 0. The summed E-state index contributed by atoms with van der Waals surface area (Å²) in [5, 5.41) is 0. The van der Waals surface area contributed by atoms with E-state index in [1.165, 1.54) is 12.1 Å². The molecule has 0 bridgehead atoms. The van der Waals surface area contributed by atoms with Crippen molar-refractivity contribution in [2.75, 3.05) is 0 Å². The maximum absolute atomic E-state index is 11.9. The number of aromatic nitrogens is 1. The fraction of sp³-hybridized carbons (Fsp3) is 0.0909. The minimum atomic E-state index is -4.66. The molecule has 2 aromatic rings. The van der Waals surface area contributed by atoms with Crippen molar-refractivity contribution in [3.05, 3.63) is 47.2 Å². The predicted octanol–water partition coefficient (Wildman–Crippen LogP) is 4.14. The highest BCUT2D eigenvalue weighted by atomic mass is 79.9. The van der Waals surface area contributed by atoms with Crippen LogP contribution in [-0.2, 0) is 0 Å². The molecule has 1 aromatic heterocycles. The highest BCUT2D eigenvalue weighted by Gasteiger charge is 2.30. The van der Waals surface area contributed by atoms with Gasteiger partial charge in [-0.2, -0.15) is 0 Å². The monoisotopic (exact) mass is 305 g/mol. The third-order valence-electron chi connectivity index (χ3n) is 2.05. The zero-order chi connectivity index (χ0) is 12.5. The maximum Gasteiger partial charge on any atom is 0.573 e. The molecule has 1 aromatic carbocycles. The van der Waals surface area contributed by atoms with Crippen LogP contribution in [0.4, 0.5) is 13.2 Å². The summed E-state index contributed by atoms with van der Waals surface area (Å²) in [6.45, 7) is 0. The van der Waals surface area contributed by atoms with Gasteiger partial charge in [-0.3, -0.25) is 0 Å². The largest absolute Gasteiger partial charge is 0.573 e. The Bertz CT molecular complexity index is 504. The van der Waals surface area contributed by atoms with E-state index in [1.54, 1.807) is 22.9 Å². The van der Waals surface area contributed by atoms with E-state index in [0.29, 0.717) is 0 Å². The van der Waals surface area contributed by atoms with Gasteiger partial charge in [-0.1, -0.05) is 0 Å². The van der Waals surface area contributed by atoms with Gasteiger partial charge in [-0.05, 0) is 52.3 Å². The first-order chi connectivity index (χ1) is 7.96. The second-order valence-corrected chi connectivity index (χ2v) is 4.06. The van der Waals surface area contributed by atoms with E-state index in [9.17, 15) is 13.2 Å². The molecule has 0 spiro atoms. The number of hydrogen-bond acceptors (Lipinski definition) is 1. The van der Waals surface area contributed by atoms with Crippen molar-refractivity contribution in [1.82, 2.24) is 4.57 Å². The molecule has 1 heterocycles. The van der Waals surface area contributed by atoms with Crippen LogP contribution in [-0.4, -0.2) is 10.9 Å². The van der Waals surface area contributed by atoms with Crippen molar-refractivity contribution in [2.24, 2.45) is 0 Å². The molecule has 0 aliphatic heterocycles. The third-order valence-corrected chi connectivity index (χ3v) is 2.69. The molecule has 90 valence electrons. The number of rotatable bonds is 2. The maximum atomic E-state index is 11.9. The Hall–Kier alpha value is -1.43. The van der Waals surface area contributed by atoms with Gasteiger partial charge in [-0.25, -0.2) is 0 Å². The molecule has 0 saturated carbocycles. The molecule has 0 aliphatic carbocycles. The van der Waals surface area contributed by atoms with Crippen LogP contribution in [0.3, 0.4) is 0 Å². The summed E-state index contributed by atoms with van der Waals surface area (Å²) < 4.78 is 42.2. The van der Waals surface area contributed by atoms with Crippen LogP contribution in [0.1, 0.15) is 0 Å². The van der Waals surface area contributed by atoms with Crippen molar-refractivity contribution < 1.29 is 17.9 Å². The van der Waals surface area contributed by atoms with Crippen LogP contribution in [0.15, 0.2) is 47.2 Å². The number of ether oxygens (including phenoxy) is 1. The first-order valence-electron chi connectivity index (χ1n) is 4.65. The molecule has 0 saturated heterocycles. The van der Waals surface area contributed by atoms with Gasteiger partial charge in [0.2, 0.25) is 0 Å². The Morgan fingerprint density at radius 3 is 2.18 bits per heavy atom. The second kappa shape index (κ2) is 4.44. The molecule has 0 aliphatic rings. The van der Waals surface area contributed by atoms with E-state index < -0.39 is 6.36 Å². The molecule has 0 N–H and O–H groups in total. The Labute approximate surface area is 104 Å². The van der Waals surface area contributed by atoms with E-state index in [2.05, 4.69) is 20.7 Å². The highest BCUT2D eigenvalue weighted by Crippen LogP contribution is 2.25. The number of alkyl halides is 3. The van der Waals surface area contributed by atoms with Crippen LogP contribution in [0.5, 0.6) is 5.75 Å². The van der Waals surface area contributed by atoms with E-state index in [0.717, 1.165) is 10.3 Å². The van der Waals surface area contributed by atoms with Crippen LogP contribution < -0.4 is 4.74 Å². The topological polar surface area (TPSA) is 14.2 Å². The van der Waals surface area contributed by atoms with Gasteiger partial charge < -0.3 is 9.30 Å². The average molecular weight is 306 g/mol. The van der Waals surface area contributed by atoms with Crippen molar-refractivity contribution in [1.29, 1.82) is 0 Å². The van der Waals surface area contributed by atoms with E-state index in [4.69, 9.17) is 0 Å². The van der Waals surface area contributed by atoms with Gasteiger partial charge in [0.25, 0.3) is 0 Å². The lowest BCUT2D eigenvalue weighted by molar-refractivity contribution is -0.274. The highest BCUT2D eigenvalue weighted by molar-refractivity contribution is 9.10. The molecule has 6 heteroatoms. The summed E-state index contributed by atoms with van der Waals surface area (Å²) in [5.74, 6) is -0.232. The van der Waals surface area contributed by atoms with Gasteiger partial charge in [0.1, 0.15) is 5.75 Å². The average Bonchev–Trinajstić information content (AvgIpc) is 2.63. The Morgan fingerprint density at radius 1 is 1.06 bits per heavy atom. The molecule has 0 amide bonds. The quantitative estimate of drug-likeness (QED) is 0.813. The van der Waals surface area contributed by atoms with Gasteiger partial charge in [0, 0.05) is 11.9 Å². The first-order valence-corrected chi connectivity index (χ1v) is 5.44. The fourth-order valence-corrected chi connectivity index (χ4v) is 1.85. The van der Waals surface area contributed by atoms with Gasteiger partial charge >= 0.3 is 6.36 Å². The predicted molar refractivity (Wildman–Crippen MR) is 60.2 cm³/mol. The SMILES string of the molecule is FC(F)(F)Oc1ccc(-n2cccc2Br)cc1. The number of hydrogen-bond donors (Lipinski definition) is 0. The van der Waals surface area contributed by atoms with E-state index in [-0.39, 0.29) is 5.75 Å². The summed E-state index contributed by atoms with van der Waals surface area (Å²) in [5.41, 5.74) is 0.747. The first kappa shape index (κ1) is 12.0. The number of benzene rings is 1. The minimum absolute atomic E-state index is 0.232. The Morgan fingerprint density at radius 2 is 1.71 bits per heavy atom. The van der Waals surface area contributed by atoms with Gasteiger partial charge in [0.15, 0.2) is 0 Å². The van der Waals surface area contributed by atoms with Crippen molar-refractivity contribution in [3.8, 4) is 11.4 Å². The zero-order valence-corrected chi connectivity index (χ0v) is 9.99. The van der Waals surface area contributed by atoms with Crippen molar-refractivity contribution >= 4 is 15.9 Å². The molecule has 17 heavy (non-hydrogen) atoms. The Kier molecular flexibility index (Phi) is 3.15. The smallest absolute Gasteiger partial charge is 0.406 e. The second-order valence-electron chi connectivity index (χ2n) is 3.24. The molecule has 0 radical (unpaired) electrons. The fourth-order valence-electron chi connectivity index (χ4n) is 1.38. The van der Waals surface area contributed by atoms with Crippen LogP contribution in [0, 0.1) is 0 Å². The standard InChI is InChI=1S/C11H7BrF3NO/c12-10-2-1-7-16(10)8-3-5-9(6-4-8)17-11(13,14)15/h1-7H. The lowest BCUT2D eigenvalue weighted by Gasteiger charge is -2.10. The molecular formula is C11H7BrF3NO. The van der Waals surface area contributed by atoms with Crippen LogP contribution >= 0.6 is 15.9 Å². The summed E-state index contributed by atoms with van der Waals surface area (Å²) >= 11 is 3.32. The van der Waals surface area contributed by atoms with Gasteiger partial charge in [-0.15, -0.1) is 13.2 Å².